The summed E-state index contributed by atoms with van der Waals surface area (Å²) in [4.78, 5) is 0. The van der Waals surface area contributed by atoms with Gasteiger partial charge in [-0.1, -0.05) is 25.8 Å². The number of nitrogens with zero attached hydrogens (tertiary/aromatic N) is 2. The summed E-state index contributed by atoms with van der Waals surface area (Å²) in [7, 11) is 17.0. The summed E-state index contributed by atoms with van der Waals surface area (Å²) in [6, 6.07) is 5.72. The van der Waals surface area contributed by atoms with E-state index in [-0.39, 0.29) is 23.8 Å². The van der Waals surface area contributed by atoms with Gasteiger partial charge in [-0.3, -0.25) is 0 Å². The number of fused-ring (bicyclic) bond motifs is 1. The van der Waals surface area contributed by atoms with Gasteiger partial charge in [-0.25, -0.2) is 0 Å². The van der Waals surface area contributed by atoms with Gasteiger partial charge in [-0.15, -0.1) is 6.10 Å². The van der Waals surface area contributed by atoms with Crippen LogP contribution in [0.25, 0.3) is 0 Å². The van der Waals surface area contributed by atoms with Crippen molar-refractivity contribution in [3.05, 3.63) is 23.8 Å². The second kappa shape index (κ2) is 12.5. The summed E-state index contributed by atoms with van der Waals surface area (Å²) in [5.41, 5.74) is 1.03. The molecule has 0 saturated heterocycles. The number of hydrogen-bond acceptors (Lipinski definition) is 3. The topological polar surface area (TPSA) is 41.5 Å². The molecule has 0 aromatic heterocycles. The largest absolute Gasteiger partial charge is 1.00 e. The maximum Gasteiger partial charge on any atom is 0.231 e. The first-order valence-electron chi connectivity index (χ1n) is 8.91. The third-order valence-electron chi connectivity index (χ3n) is 2.51. The van der Waals surface area contributed by atoms with Crippen LogP contribution in [0.2, 0.25) is 0 Å². The Morgan fingerprint density at radius 2 is 1.38 bits per heavy atom. The molecule has 26 heavy (non-hydrogen) atoms. The van der Waals surface area contributed by atoms with Gasteiger partial charge in [0.2, 0.25) is 6.79 Å². The van der Waals surface area contributed by atoms with Crippen LogP contribution in [0.3, 0.4) is 0 Å². The Hall–Kier alpha value is -0.820. The maximum atomic E-state index is 11.5. The first-order chi connectivity index (χ1) is 11.3. The van der Waals surface area contributed by atoms with Crippen LogP contribution < -0.4 is 31.6 Å². The quantitative estimate of drug-likeness (QED) is 0.578. The molecule has 1 unspecified atom stereocenters. The highest BCUT2D eigenvalue weighted by atomic mass is 79.9. The van der Waals surface area contributed by atoms with E-state index in [1.54, 1.807) is 0 Å². The number of benzene rings is 1. The Labute approximate surface area is 171 Å². The summed E-state index contributed by atoms with van der Waals surface area (Å²) in [5.74, 6) is 1.54. The molecule has 0 aliphatic carbocycles. The lowest BCUT2D eigenvalue weighted by Gasteiger charge is -2.21. The Balaban J connectivity index is 0. The molecule has 0 bridgehead atoms. The molecule has 1 aliphatic heterocycles. The lowest BCUT2D eigenvalue weighted by atomic mass is 10.0. The van der Waals surface area contributed by atoms with Crippen molar-refractivity contribution >= 4 is 0 Å². The van der Waals surface area contributed by atoms with Crippen molar-refractivity contribution in [1.29, 1.82) is 0 Å². The number of halogens is 1. The molecule has 1 heterocycles. The number of rotatable bonds is 4. The third-order valence-corrected chi connectivity index (χ3v) is 2.51. The highest BCUT2D eigenvalue weighted by Gasteiger charge is 2.13. The monoisotopic (exact) mass is 434 g/mol. The van der Waals surface area contributed by atoms with E-state index in [1.165, 1.54) is 0 Å². The molecule has 1 aliphatic rings. The molecule has 2 rings (SSSR count). The average Bonchev–Trinajstić information content (AvgIpc) is 2.82. The summed E-state index contributed by atoms with van der Waals surface area (Å²) in [6.45, 7) is 2.32. The van der Waals surface area contributed by atoms with Crippen LogP contribution in [0.5, 0.6) is 11.5 Å². The van der Waals surface area contributed by atoms with Crippen LogP contribution in [0.1, 0.15) is 25.3 Å². The molecular formula is C20H39BrN2O3. The minimum absolute atomic E-state index is 0. The molecule has 0 fully saturated rings. The summed E-state index contributed by atoms with van der Waals surface area (Å²) in [6.07, 6.45) is 1.74. The fraction of sp³-hybridized carbons (Fsp3) is 0.700. The van der Waals surface area contributed by atoms with E-state index in [0.29, 0.717) is 6.42 Å². The van der Waals surface area contributed by atoms with Crippen LogP contribution in [0.15, 0.2) is 18.2 Å². The standard InChI is InChI=1S/C12H15O3.2C4H12N.BrH/c1-2-3-10(13)6-9-4-5-11-12(7-9)15-8-14-11;2*1-5(2,3)4;/h4-5,7,10H,2-3,6,8H2,1H3;2*1-4H3;1H/q-1;2*+1;/p-1. The lowest BCUT2D eigenvalue weighted by Crippen LogP contribution is -3.00. The van der Waals surface area contributed by atoms with Crippen molar-refractivity contribution in [2.75, 3.05) is 63.2 Å². The second-order valence-electron chi connectivity index (χ2n) is 9.17. The zero-order chi connectivity index (χ0) is 19.7. The molecular weight excluding hydrogens is 396 g/mol. The van der Waals surface area contributed by atoms with E-state index >= 15 is 0 Å². The van der Waals surface area contributed by atoms with E-state index in [9.17, 15) is 5.11 Å². The molecule has 0 N–H and O–H groups in total. The van der Waals surface area contributed by atoms with Crippen molar-refractivity contribution in [2.45, 2.75) is 32.3 Å². The highest BCUT2D eigenvalue weighted by molar-refractivity contribution is 5.44. The van der Waals surface area contributed by atoms with E-state index in [1.807, 2.05) is 25.1 Å². The normalized spacial score (nSPS) is 13.5. The first kappa shape index (κ1) is 27.4. The number of ether oxygens (including phenoxy) is 2. The number of quaternary nitrogens is 2. The van der Waals surface area contributed by atoms with Gasteiger partial charge < -0.3 is 40.5 Å². The van der Waals surface area contributed by atoms with Crippen molar-refractivity contribution < 1.29 is 40.5 Å². The minimum atomic E-state index is -0.504. The Morgan fingerprint density at radius 1 is 0.923 bits per heavy atom. The predicted molar refractivity (Wildman–Crippen MR) is 103 cm³/mol. The molecule has 154 valence electrons. The van der Waals surface area contributed by atoms with E-state index in [0.717, 1.165) is 38.9 Å². The third kappa shape index (κ3) is 18.0. The first-order valence-corrected chi connectivity index (χ1v) is 8.91. The number of hydrogen-bond donors (Lipinski definition) is 0. The van der Waals surface area contributed by atoms with Gasteiger partial charge in [-0.05, 0) is 24.1 Å². The molecule has 0 spiro atoms. The van der Waals surface area contributed by atoms with Crippen LogP contribution in [0.4, 0.5) is 0 Å². The molecule has 1 aromatic carbocycles. The van der Waals surface area contributed by atoms with Crippen molar-refractivity contribution in [2.24, 2.45) is 0 Å². The van der Waals surface area contributed by atoms with Gasteiger partial charge in [0, 0.05) is 0 Å². The fourth-order valence-electron chi connectivity index (χ4n) is 1.75. The molecule has 6 heteroatoms. The van der Waals surface area contributed by atoms with Gasteiger partial charge in [-0.2, -0.15) is 0 Å². The van der Waals surface area contributed by atoms with Crippen LogP contribution >= 0.6 is 0 Å². The van der Waals surface area contributed by atoms with Crippen molar-refractivity contribution in [3.63, 3.8) is 0 Å². The van der Waals surface area contributed by atoms with Crippen LogP contribution in [-0.4, -0.2) is 78.2 Å². The smallest absolute Gasteiger partial charge is 0.231 e. The Kier molecular flexibility index (Phi) is 13.2. The second-order valence-corrected chi connectivity index (χ2v) is 9.17. The SMILES string of the molecule is CCCC([O-])Cc1ccc2c(c1)OCO2.C[N+](C)(C)C.C[N+](C)(C)C.[Br-]. The fourth-order valence-corrected chi connectivity index (χ4v) is 1.75. The zero-order valence-corrected chi connectivity index (χ0v) is 19.7. The maximum absolute atomic E-state index is 11.5. The van der Waals surface area contributed by atoms with E-state index < -0.39 is 6.10 Å². The summed E-state index contributed by atoms with van der Waals surface area (Å²) < 4.78 is 12.5. The molecule has 0 saturated carbocycles. The Morgan fingerprint density at radius 3 is 1.85 bits per heavy atom. The average molecular weight is 435 g/mol. The molecule has 0 amide bonds. The molecule has 5 nitrogen and oxygen atoms in total. The van der Waals surface area contributed by atoms with Crippen molar-refractivity contribution in [1.82, 2.24) is 0 Å². The van der Waals surface area contributed by atoms with Crippen molar-refractivity contribution in [3.8, 4) is 11.5 Å². The summed E-state index contributed by atoms with van der Waals surface area (Å²) >= 11 is 0. The molecule has 1 atom stereocenters. The van der Waals surface area contributed by atoms with E-state index in [4.69, 9.17) is 9.47 Å². The predicted octanol–water partition coefficient (Wildman–Crippen LogP) is -0.864. The highest BCUT2D eigenvalue weighted by Crippen LogP contribution is 2.32. The van der Waals surface area contributed by atoms with Crippen LogP contribution in [-0.2, 0) is 6.42 Å². The summed E-state index contributed by atoms with van der Waals surface area (Å²) in [5, 5.41) is 11.5. The molecule has 0 radical (unpaired) electrons. The Bertz CT molecular complexity index is 473. The minimum Gasteiger partial charge on any atom is -1.00 e. The van der Waals surface area contributed by atoms with Gasteiger partial charge >= 0.3 is 0 Å². The zero-order valence-electron chi connectivity index (χ0n) is 18.1. The van der Waals surface area contributed by atoms with Crippen LogP contribution in [0, 0.1) is 0 Å². The van der Waals surface area contributed by atoms with Gasteiger partial charge in [0.25, 0.3) is 0 Å². The lowest BCUT2D eigenvalue weighted by molar-refractivity contribution is -0.849. The van der Waals surface area contributed by atoms with Gasteiger partial charge in [0.05, 0.1) is 56.4 Å². The van der Waals surface area contributed by atoms with Gasteiger partial charge in [0.15, 0.2) is 11.5 Å². The van der Waals surface area contributed by atoms with Gasteiger partial charge in [0.1, 0.15) is 0 Å². The molecule has 1 aromatic rings. The van der Waals surface area contributed by atoms with E-state index in [2.05, 4.69) is 56.4 Å².